The van der Waals surface area contributed by atoms with Crippen molar-refractivity contribution >= 4 is 54.6 Å². The van der Waals surface area contributed by atoms with Gasteiger partial charge < -0.3 is 11.1 Å². The molecule has 0 aliphatic carbocycles. The minimum absolute atomic E-state index is 0.195. The number of aromatic nitrogens is 1. The smallest absolute Gasteiger partial charge is 0.267 e. The molecule has 0 radical (unpaired) electrons. The minimum atomic E-state index is -0.195. The van der Waals surface area contributed by atoms with E-state index in [9.17, 15) is 4.79 Å². The number of amides is 1. The molecule has 2 heterocycles. The quantitative estimate of drug-likeness (QED) is 0.718. The summed E-state index contributed by atoms with van der Waals surface area (Å²) in [5, 5.41) is 3.77. The maximum Gasteiger partial charge on any atom is 0.267 e. The highest BCUT2D eigenvalue weighted by Gasteiger charge is 2.17. The maximum atomic E-state index is 12.4. The average molecular weight is 362 g/mol. The van der Waals surface area contributed by atoms with E-state index in [0.717, 1.165) is 25.8 Å². The van der Waals surface area contributed by atoms with Crippen molar-refractivity contribution in [2.75, 3.05) is 11.1 Å². The average Bonchev–Trinajstić information content (AvgIpc) is 2.80. The number of anilines is 2. The zero-order valence-electron chi connectivity index (χ0n) is 11.2. The van der Waals surface area contributed by atoms with Crippen LogP contribution >= 0.6 is 27.3 Å². The third-order valence-electron chi connectivity index (χ3n) is 3.17. The summed E-state index contributed by atoms with van der Waals surface area (Å²) in [6.07, 6.45) is 3.39. The van der Waals surface area contributed by atoms with Gasteiger partial charge in [-0.05, 0) is 36.8 Å². The van der Waals surface area contributed by atoms with Crippen LogP contribution in [-0.4, -0.2) is 10.9 Å². The van der Waals surface area contributed by atoms with Gasteiger partial charge in [0.25, 0.3) is 5.91 Å². The van der Waals surface area contributed by atoms with Crippen LogP contribution in [0, 0.1) is 6.92 Å². The first-order valence-electron chi connectivity index (χ1n) is 6.26. The van der Waals surface area contributed by atoms with E-state index in [0.29, 0.717) is 10.6 Å². The van der Waals surface area contributed by atoms with Crippen LogP contribution in [0.25, 0.3) is 10.1 Å². The number of halogens is 1. The lowest BCUT2D eigenvalue weighted by Crippen LogP contribution is -2.12. The normalized spacial score (nSPS) is 10.8. The molecule has 0 spiro atoms. The van der Waals surface area contributed by atoms with Crippen molar-refractivity contribution in [1.82, 2.24) is 4.98 Å². The first-order chi connectivity index (χ1) is 10.1. The molecule has 1 aromatic carbocycles. The molecule has 2 aromatic heterocycles. The highest BCUT2D eigenvalue weighted by Crippen LogP contribution is 2.33. The van der Waals surface area contributed by atoms with E-state index in [-0.39, 0.29) is 5.91 Å². The molecule has 0 aliphatic rings. The molecular weight excluding hydrogens is 350 g/mol. The van der Waals surface area contributed by atoms with Crippen molar-refractivity contribution in [2.45, 2.75) is 6.92 Å². The number of thiophene rings is 1. The molecule has 3 aromatic rings. The lowest BCUT2D eigenvalue weighted by molar-refractivity contribution is 0.103. The first-order valence-corrected chi connectivity index (χ1v) is 7.86. The number of aryl methyl sites for hydroxylation is 1. The van der Waals surface area contributed by atoms with Crippen LogP contribution in [0.15, 0.2) is 41.1 Å². The van der Waals surface area contributed by atoms with Crippen molar-refractivity contribution < 1.29 is 4.79 Å². The molecule has 4 nitrogen and oxygen atoms in total. The fourth-order valence-corrected chi connectivity index (χ4v) is 3.55. The number of nitrogens with one attached hydrogen (secondary N) is 1. The lowest BCUT2D eigenvalue weighted by atomic mass is 10.2. The van der Waals surface area contributed by atoms with Gasteiger partial charge >= 0.3 is 0 Å². The Labute approximate surface area is 134 Å². The van der Waals surface area contributed by atoms with E-state index in [1.165, 1.54) is 11.3 Å². The zero-order valence-corrected chi connectivity index (χ0v) is 13.6. The van der Waals surface area contributed by atoms with E-state index >= 15 is 0 Å². The summed E-state index contributed by atoms with van der Waals surface area (Å²) in [5.41, 5.74) is 8.34. The monoisotopic (exact) mass is 361 g/mol. The lowest BCUT2D eigenvalue weighted by Gasteiger charge is -2.08. The Kier molecular flexibility index (Phi) is 3.65. The molecule has 106 valence electrons. The second-order valence-electron chi connectivity index (χ2n) is 4.63. The molecular formula is C15H12BrN3OS. The van der Waals surface area contributed by atoms with Crippen LogP contribution in [0.2, 0.25) is 0 Å². The van der Waals surface area contributed by atoms with Gasteiger partial charge in [0, 0.05) is 27.9 Å². The SMILES string of the molecule is Cc1cc(Br)ccc1NC(=O)c1sc2cnccc2c1N. The summed E-state index contributed by atoms with van der Waals surface area (Å²) in [6, 6.07) is 7.53. The molecule has 0 saturated carbocycles. The van der Waals surface area contributed by atoms with Crippen molar-refractivity contribution in [1.29, 1.82) is 0 Å². The number of fused-ring (bicyclic) bond motifs is 1. The van der Waals surface area contributed by atoms with Crippen LogP contribution < -0.4 is 11.1 Å². The minimum Gasteiger partial charge on any atom is -0.397 e. The number of carbonyl (C=O) groups is 1. The van der Waals surface area contributed by atoms with Crippen LogP contribution in [0.3, 0.4) is 0 Å². The van der Waals surface area contributed by atoms with E-state index in [1.807, 2.05) is 31.2 Å². The van der Waals surface area contributed by atoms with Gasteiger partial charge in [0.1, 0.15) is 4.88 Å². The summed E-state index contributed by atoms with van der Waals surface area (Å²) >= 11 is 4.76. The maximum absolute atomic E-state index is 12.4. The second-order valence-corrected chi connectivity index (χ2v) is 6.60. The molecule has 0 atom stereocenters. The third kappa shape index (κ3) is 2.64. The fourth-order valence-electron chi connectivity index (χ4n) is 2.09. The largest absolute Gasteiger partial charge is 0.397 e. The molecule has 3 rings (SSSR count). The Hall–Kier alpha value is -1.92. The number of nitrogens with zero attached hydrogens (tertiary/aromatic N) is 1. The first kappa shape index (κ1) is 14.0. The van der Waals surface area contributed by atoms with E-state index in [2.05, 4.69) is 26.2 Å². The van der Waals surface area contributed by atoms with Gasteiger partial charge in [-0.15, -0.1) is 11.3 Å². The summed E-state index contributed by atoms with van der Waals surface area (Å²) in [7, 11) is 0. The second kappa shape index (κ2) is 5.46. The Morgan fingerprint density at radius 3 is 2.90 bits per heavy atom. The van der Waals surface area contributed by atoms with Crippen molar-refractivity contribution in [2.24, 2.45) is 0 Å². The van der Waals surface area contributed by atoms with Crippen LogP contribution in [0.5, 0.6) is 0 Å². The topological polar surface area (TPSA) is 68.0 Å². The summed E-state index contributed by atoms with van der Waals surface area (Å²) in [5.74, 6) is -0.195. The molecule has 0 saturated heterocycles. The van der Waals surface area contributed by atoms with Gasteiger partial charge in [-0.3, -0.25) is 9.78 Å². The number of hydrogen-bond donors (Lipinski definition) is 2. The predicted molar refractivity (Wildman–Crippen MR) is 90.9 cm³/mol. The molecule has 0 unspecified atom stereocenters. The number of carbonyl (C=O) groups excluding carboxylic acids is 1. The number of nitrogen functional groups attached to an aromatic ring is 1. The van der Waals surface area contributed by atoms with Crippen LogP contribution in [0.4, 0.5) is 11.4 Å². The molecule has 1 amide bonds. The molecule has 6 heteroatoms. The zero-order chi connectivity index (χ0) is 15.0. The molecule has 3 N–H and O–H groups in total. The fraction of sp³-hybridized carbons (Fsp3) is 0.0667. The number of hydrogen-bond acceptors (Lipinski definition) is 4. The van der Waals surface area contributed by atoms with E-state index < -0.39 is 0 Å². The Bertz CT molecular complexity index is 844. The van der Waals surface area contributed by atoms with Gasteiger partial charge in [-0.1, -0.05) is 15.9 Å². The third-order valence-corrected chi connectivity index (χ3v) is 4.82. The summed E-state index contributed by atoms with van der Waals surface area (Å²) < 4.78 is 1.89. The molecule has 0 fully saturated rings. The molecule has 21 heavy (non-hydrogen) atoms. The molecule has 0 aliphatic heterocycles. The number of benzene rings is 1. The van der Waals surface area contributed by atoms with E-state index in [4.69, 9.17) is 5.73 Å². The Balaban J connectivity index is 1.95. The van der Waals surface area contributed by atoms with Gasteiger partial charge in [0.2, 0.25) is 0 Å². The summed E-state index contributed by atoms with van der Waals surface area (Å²) in [4.78, 5) is 17.0. The highest BCUT2D eigenvalue weighted by atomic mass is 79.9. The van der Waals surface area contributed by atoms with Crippen LogP contribution in [-0.2, 0) is 0 Å². The standard InChI is InChI=1S/C15H12BrN3OS/c1-8-6-9(16)2-3-11(8)19-15(20)14-13(17)10-4-5-18-7-12(10)21-14/h2-7H,17H2,1H3,(H,19,20). The van der Waals surface area contributed by atoms with Gasteiger partial charge in [0.05, 0.1) is 10.4 Å². The van der Waals surface area contributed by atoms with Gasteiger partial charge in [-0.25, -0.2) is 0 Å². The van der Waals surface area contributed by atoms with Crippen LogP contribution in [0.1, 0.15) is 15.2 Å². The summed E-state index contributed by atoms with van der Waals surface area (Å²) in [6.45, 7) is 1.94. The highest BCUT2D eigenvalue weighted by molar-refractivity contribution is 9.10. The number of nitrogens with two attached hydrogens (primary N) is 1. The predicted octanol–water partition coefficient (Wildman–Crippen LogP) is 4.20. The van der Waals surface area contributed by atoms with Gasteiger partial charge in [-0.2, -0.15) is 0 Å². The Morgan fingerprint density at radius 1 is 1.38 bits per heavy atom. The van der Waals surface area contributed by atoms with Gasteiger partial charge in [0.15, 0.2) is 0 Å². The van der Waals surface area contributed by atoms with Crippen molar-refractivity contribution in [3.8, 4) is 0 Å². The number of pyridine rings is 1. The van der Waals surface area contributed by atoms with E-state index in [1.54, 1.807) is 12.4 Å². The molecule has 0 bridgehead atoms. The number of rotatable bonds is 2. The van der Waals surface area contributed by atoms with Crippen molar-refractivity contribution in [3.63, 3.8) is 0 Å². The Morgan fingerprint density at radius 2 is 2.19 bits per heavy atom. The van der Waals surface area contributed by atoms with Crippen molar-refractivity contribution in [3.05, 3.63) is 51.6 Å².